The topological polar surface area (TPSA) is 74.5 Å². The maximum absolute atomic E-state index is 11.3. The Labute approximate surface area is 170 Å². The Morgan fingerprint density at radius 3 is 2.69 bits per heavy atom. The van der Waals surface area contributed by atoms with E-state index >= 15 is 0 Å². The van der Waals surface area contributed by atoms with Crippen LogP contribution in [-0.2, 0) is 13.1 Å². The second kappa shape index (κ2) is 7.83. The van der Waals surface area contributed by atoms with Crippen molar-refractivity contribution in [3.05, 3.63) is 53.2 Å². The maximum atomic E-state index is 11.3. The van der Waals surface area contributed by atoms with Crippen molar-refractivity contribution in [2.75, 3.05) is 25.5 Å². The third kappa shape index (κ3) is 3.70. The van der Waals surface area contributed by atoms with Crippen molar-refractivity contribution in [2.24, 2.45) is 0 Å². The number of hydrogen-bond donors (Lipinski definition) is 1. The molecule has 4 rings (SSSR count). The third-order valence-corrected chi connectivity index (χ3v) is 5.50. The fourth-order valence-corrected chi connectivity index (χ4v) is 4.19. The number of aromatic carboxylic acids is 1. The Bertz CT molecular complexity index is 1030. The summed E-state index contributed by atoms with van der Waals surface area (Å²) in [6, 6.07) is 10.7. The lowest BCUT2D eigenvalue weighted by Gasteiger charge is -2.26. The SMILES string of the molecule is CCn1c(N2CCCC2c2ccc(CN(C)C)cc2)nc2cc(C(=O)O)cnc21. The fraction of sp³-hybridized carbons (Fsp3) is 0.409. The van der Waals surface area contributed by atoms with Gasteiger partial charge in [0.15, 0.2) is 5.65 Å². The number of anilines is 1. The number of aromatic nitrogens is 3. The summed E-state index contributed by atoms with van der Waals surface area (Å²) in [5.41, 5.74) is 4.13. The molecule has 1 aliphatic rings. The van der Waals surface area contributed by atoms with Crippen molar-refractivity contribution >= 4 is 23.1 Å². The highest BCUT2D eigenvalue weighted by molar-refractivity contribution is 5.91. The van der Waals surface area contributed by atoms with Crippen LogP contribution in [0.4, 0.5) is 5.95 Å². The average molecular weight is 393 g/mol. The molecule has 3 aromatic rings. The van der Waals surface area contributed by atoms with Crippen molar-refractivity contribution in [3.63, 3.8) is 0 Å². The van der Waals surface area contributed by atoms with Crippen LogP contribution in [0.15, 0.2) is 36.5 Å². The number of carbonyl (C=O) groups is 1. The molecule has 0 amide bonds. The average Bonchev–Trinajstić information content (AvgIpc) is 3.31. The number of carboxylic acid groups (broad SMARTS) is 1. The van der Waals surface area contributed by atoms with Crippen LogP contribution < -0.4 is 4.90 Å². The summed E-state index contributed by atoms with van der Waals surface area (Å²) in [5, 5.41) is 9.27. The van der Waals surface area contributed by atoms with Gasteiger partial charge in [-0.1, -0.05) is 24.3 Å². The number of rotatable bonds is 6. The van der Waals surface area contributed by atoms with Gasteiger partial charge in [-0.25, -0.2) is 14.8 Å². The summed E-state index contributed by atoms with van der Waals surface area (Å²) in [7, 11) is 4.15. The van der Waals surface area contributed by atoms with Crippen molar-refractivity contribution in [3.8, 4) is 0 Å². The molecule has 0 aliphatic carbocycles. The van der Waals surface area contributed by atoms with Gasteiger partial charge in [0.2, 0.25) is 5.95 Å². The first-order valence-corrected chi connectivity index (χ1v) is 10.1. The molecule has 7 nitrogen and oxygen atoms in total. The highest BCUT2D eigenvalue weighted by Crippen LogP contribution is 2.37. The normalized spacial score (nSPS) is 16.8. The molecule has 1 fully saturated rings. The number of aryl methyl sites for hydroxylation is 1. The molecular formula is C22H27N5O2. The second-order valence-electron chi connectivity index (χ2n) is 7.86. The van der Waals surface area contributed by atoms with Crippen LogP contribution in [0.3, 0.4) is 0 Å². The molecule has 1 unspecified atom stereocenters. The summed E-state index contributed by atoms with van der Waals surface area (Å²) in [6.45, 7) is 4.66. The first-order valence-electron chi connectivity index (χ1n) is 10.1. The van der Waals surface area contributed by atoms with Crippen LogP contribution in [-0.4, -0.2) is 51.2 Å². The Kier molecular flexibility index (Phi) is 5.24. The number of pyridine rings is 1. The highest BCUT2D eigenvalue weighted by Gasteiger charge is 2.30. The Balaban J connectivity index is 1.69. The lowest BCUT2D eigenvalue weighted by Crippen LogP contribution is -2.26. The monoisotopic (exact) mass is 393 g/mol. The Morgan fingerprint density at radius 1 is 1.28 bits per heavy atom. The van der Waals surface area contributed by atoms with E-state index in [2.05, 4.69) is 64.6 Å². The minimum Gasteiger partial charge on any atom is -0.478 e. The van der Waals surface area contributed by atoms with Crippen LogP contribution in [0, 0.1) is 0 Å². The molecule has 1 saturated heterocycles. The Hall–Kier alpha value is -2.93. The van der Waals surface area contributed by atoms with E-state index in [9.17, 15) is 9.90 Å². The van der Waals surface area contributed by atoms with Gasteiger partial charge in [-0.05, 0) is 51.1 Å². The molecule has 0 saturated carbocycles. The number of nitrogens with zero attached hydrogens (tertiary/aromatic N) is 5. The summed E-state index contributed by atoms with van der Waals surface area (Å²) < 4.78 is 2.08. The van der Waals surface area contributed by atoms with Gasteiger partial charge in [-0.2, -0.15) is 0 Å². The molecule has 0 spiro atoms. The van der Waals surface area contributed by atoms with Crippen LogP contribution >= 0.6 is 0 Å². The molecule has 2 aromatic heterocycles. The standard InChI is InChI=1S/C22H27N5O2/c1-4-26-20-18(12-17(13-23-20)21(28)29)24-22(26)27-11-5-6-19(27)16-9-7-15(8-10-16)14-25(2)3/h7-10,12-13,19H,4-6,11,14H2,1-3H3,(H,28,29). The van der Waals surface area contributed by atoms with Crippen molar-refractivity contribution in [1.82, 2.24) is 19.4 Å². The van der Waals surface area contributed by atoms with Gasteiger partial charge in [-0.15, -0.1) is 0 Å². The zero-order valence-corrected chi connectivity index (χ0v) is 17.2. The van der Waals surface area contributed by atoms with Gasteiger partial charge in [0.25, 0.3) is 0 Å². The molecule has 1 N–H and O–H groups in total. The molecule has 1 atom stereocenters. The van der Waals surface area contributed by atoms with Gasteiger partial charge in [-0.3, -0.25) is 4.57 Å². The second-order valence-corrected chi connectivity index (χ2v) is 7.86. The van der Waals surface area contributed by atoms with Gasteiger partial charge < -0.3 is 14.9 Å². The van der Waals surface area contributed by atoms with Crippen LogP contribution in [0.25, 0.3) is 11.2 Å². The molecule has 1 aliphatic heterocycles. The number of fused-ring (bicyclic) bond motifs is 1. The van der Waals surface area contributed by atoms with Gasteiger partial charge in [0.05, 0.1) is 11.6 Å². The van der Waals surface area contributed by atoms with Crippen LogP contribution in [0.2, 0.25) is 0 Å². The largest absolute Gasteiger partial charge is 0.478 e. The predicted molar refractivity (Wildman–Crippen MR) is 113 cm³/mol. The summed E-state index contributed by atoms with van der Waals surface area (Å²) in [4.78, 5) is 25.0. The van der Waals surface area contributed by atoms with Crippen molar-refractivity contribution in [1.29, 1.82) is 0 Å². The molecular weight excluding hydrogens is 366 g/mol. The zero-order valence-electron chi connectivity index (χ0n) is 17.2. The van der Waals surface area contributed by atoms with Crippen LogP contribution in [0.1, 0.15) is 47.3 Å². The highest BCUT2D eigenvalue weighted by atomic mass is 16.4. The minimum absolute atomic E-state index is 0.166. The quantitative estimate of drug-likeness (QED) is 0.690. The third-order valence-electron chi connectivity index (χ3n) is 5.50. The first kappa shape index (κ1) is 19.4. The van der Waals surface area contributed by atoms with E-state index < -0.39 is 5.97 Å². The number of imidazole rings is 1. The molecule has 7 heteroatoms. The van der Waals surface area contributed by atoms with E-state index in [-0.39, 0.29) is 11.6 Å². The molecule has 0 bridgehead atoms. The van der Waals surface area contributed by atoms with Crippen molar-refractivity contribution < 1.29 is 9.90 Å². The minimum atomic E-state index is -0.983. The van der Waals surface area contributed by atoms with E-state index in [4.69, 9.17) is 4.98 Å². The maximum Gasteiger partial charge on any atom is 0.337 e. The summed E-state index contributed by atoms with van der Waals surface area (Å²) >= 11 is 0. The summed E-state index contributed by atoms with van der Waals surface area (Å²) in [6.07, 6.45) is 3.59. The Morgan fingerprint density at radius 2 is 2.03 bits per heavy atom. The van der Waals surface area contributed by atoms with Gasteiger partial charge >= 0.3 is 5.97 Å². The van der Waals surface area contributed by atoms with Gasteiger partial charge in [0, 0.05) is 25.8 Å². The van der Waals surface area contributed by atoms with Gasteiger partial charge in [0.1, 0.15) is 5.52 Å². The first-order chi connectivity index (χ1) is 14.0. The van der Waals surface area contributed by atoms with Crippen LogP contribution in [0.5, 0.6) is 0 Å². The molecule has 29 heavy (non-hydrogen) atoms. The molecule has 152 valence electrons. The zero-order chi connectivity index (χ0) is 20.5. The summed E-state index contributed by atoms with van der Waals surface area (Å²) in [5.74, 6) is -0.110. The number of carboxylic acids is 1. The smallest absolute Gasteiger partial charge is 0.337 e. The van der Waals surface area contributed by atoms with E-state index in [1.165, 1.54) is 17.3 Å². The van der Waals surface area contributed by atoms with E-state index in [0.717, 1.165) is 44.1 Å². The van der Waals surface area contributed by atoms with E-state index in [0.29, 0.717) is 5.52 Å². The van der Waals surface area contributed by atoms with E-state index in [1.807, 2.05) is 0 Å². The van der Waals surface area contributed by atoms with Crippen molar-refractivity contribution in [2.45, 2.75) is 38.9 Å². The fourth-order valence-electron chi connectivity index (χ4n) is 4.19. The lowest BCUT2D eigenvalue weighted by atomic mass is 10.0. The molecule has 0 radical (unpaired) electrons. The number of benzene rings is 1. The molecule has 1 aromatic carbocycles. The molecule has 3 heterocycles. The predicted octanol–water partition coefficient (Wildman–Crippen LogP) is 3.55. The lowest BCUT2D eigenvalue weighted by molar-refractivity contribution is 0.0696. The number of hydrogen-bond acceptors (Lipinski definition) is 5. The van der Waals surface area contributed by atoms with E-state index in [1.54, 1.807) is 6.07 Å².